The summed E-state index contributed by atoms with van der Waals surface area (Å²) < 4.78 is 3.52. The largest absolute Gasteiger partial charge is 0.352 e. The first-order valence-corrected chi connectivity index (χ1v) is 10.9. The lowest BCUT2D eigenvalue weighted by molar-refractivity contribution is -0.120. The Balaban J connectivity index is 1.61. The van der Waals surface area contributed by atoms with Crippen LogP contribution in [0.25, 0.3) is 16.7 Å². The van der Waals surface area contributed by atoms with E-state index in [1.807, 2.05) is 65.9 Å². The summed E-state index contributed by atoms with van der Waals surface area (Å²) in [5, 5.41) is 12.6. The number of para-hydroxylation sites is 1. The standard InChI is InChI=1S/C22H21N5O2S/c1-14(19(28)23-16-11-12-16)30-22-25-24-21-26(13-15-7-3-2-4-8-15)20(29)17-9-5-6-10-18(17)27(21)22/h2-10,14,16H,11-13H2,1H3,(H,23,28)/t14-/m1/s1. The number of nitrogens with one attached hydrogen (secondary N) is 1. The molecule has 0 aliphatic heterocycles. The Bertz CT molecular complexity index is 1290. The van der Waals surface area contributed by atoms with Crippen molar-refractivity contribution in [3.05, 3.63) is 70.5 Å². The van der Waals surface area contributed by atoms with Gasteiger partial charge in [-0.15, -0.1) is 10.2 Å². The highest BCUT2D eigenvalue weighted by Gasteiger charge is 2.27. The van der Waals surface area contributed by atoms with E-state index >= 15 is 0 Å². The summed E-state index contributed by atoms with van der Waals surface area (Å²) >= 11 is 1.36. The number of hydrogen-bond acceptors (Lipinski definition) is 5. The molecule has 8 heteroatoms. The van der Waals surface area contributed by atoms with Crippen LogP contribution in [0, 0.1) is 0 Å². The van der Waals surface area contributed by atoms with Gasteiger partial charge in [-0.25, -0.2) is 0 Å². The number of hydrogen-bond donors (Lipinski definition) is 1. The van der Waals surface area contributed by atoms with Crippen LogP contribution in [0.4, 0.5) is 0 Å². The molecule has 0 saturated heterocycles. The molecule has 4 aromatic rings. The molecule has 1 saturated carbocycles. The highest BCUT2D eigenvalue weighted by atomic mass is 32.2. The molecule has 1 amide bonds. The van der Waals surface area contributed by atoms with Gasteiger partial charge in [-0.05, 0) is 37.5 Å². The third kappa shape index (κ3) is 3.47. The second-order valence-corrected chi connectivity index (χ2v) is 8.86. The molecular weight excluding hydrogens is 398 g/mol. The Morgan fingerprint density at radius 2 is 1.87 bits per heavy atom. The van der Waals surface area contributed by atoms with Crippen LogP contribution in [0.5, 0.6) is 0 Å². The van der Waals surface area contributed by atoms with Crippen LogP contribution in [0.15, 0.2) is 64.5 Å². The monoisotopic (exact) mass is 419 g/mol. The fourth-order valence-electron chi connectivity index (χ4n) is 3.48. The topological polar surface area (TPSA) is 81.3 Å². The Morgan fingerprint density at radius 1 is 1.13 bits per heavy atom. The summed E-state index contributed by atoms with van der Waals surface area (Å²) in [6, 6.07) is 17.6. The molecule has 0 radical (unpaired) electrons. The van der Waals surface area contributed by atoms with Gasteiger partial charge in [0.1, 0.15) is 0 Å². The molecule has 5 rings (SSSR count). The highest BCUT2D eigenvalue weighted by Crippen LogP contribution is 2.26. The number of carbonyl (C=O) groups excluding carboxylic acids is 1. The smallest absolute Gasteiger partial charge is 0.263 e. The number of thioether (sulfide) groups is 1. The maximum atomic E-state index is 13.2. The van der Waals surface area contributed by atoms with E-state index in [2.05, 4.69) is 15.5 Å². The third-order valence-electron chi connectivity index (χ3n) is 5.24. The summed E-state index contributed by atoms with van der Waals surface area (Å²) in [5.41, 5.74) is 1.64. The average molecular weight is 420 g/mol. The zero-order valence-electron chi connectivity index (χ0n) is 16.5. The van der Waals surface area contributed by atoms with Crippen LogP contribution in [0.2, 0.25) is 0 Å². The van der Waals surface area contributed by atoms with Crippen molar-refractivity contribution in [1.82, 2.24) is 24.5 Å². The number of carbonyl (C=O) groups is 1. The summed E-state index contributed by atoms with van der Waals surface area (Å²) in [7, 11) is 0. The second-order valence-electron chi connectivity index (χ2n) is 7.55. The SMILES string of the molecule is C[C@@H](Sc1nnc2n(Cc3ccccc3)c(=O)c3ccccc3n12)C(=O)NC1CC1. The first-order chi connectivity index (χ1) is 14.6. The highest BCUT2D eigenvalue weighted by molar-refractivity contribution is 8.00. The minimum atomic E-state index is -0.314. The molecule has 0 unspecified atom stereocenters. The van der Waals surface area contributed by atoms with E-state index in [-0.39, 0.29) is 16.7 Å². The molecule has 0 spiro atoms. The summed E-state index contributed by atoms with van der Waals surface area (Å²) in [6.45, 7) is 2.26. The van der Waals surface area contributed by atoms with Crippen molar-refractivity contribution in [3.63, 3.8) is 0 Å². The predicted molar refractivity (Wildman–Crippen MR) is 117 cm³/mol. The Morgan fingerprint density at radius 3 is 2.63 bits per heavy atom. The fourth-order valence-corrected chi connectivity index (χ4v) is 4.34. The average Bonchev–Trinajstić information content (AvgIpc) is 3.49. The molecule has 0 bridgehead atoms. The first kappa shape index (κ1) is 18.9. The van der Waals surface area contributed by atoms with E-state index < -0.39 is 0 Å². The van der Waals surface area contributed by atoms with Gasteiger partial charge in [0.15, 0.2) is 5.16 Å². The number of benzene rings is 2. The molecular formula is C22H21N5O2S. The molecule has 2 aromatic heterocycles. The van der Waals surface area contributed by atoms with Crippen molar-refractivity contribution in [2.45, 2.75) is 42.8 Å². The van der Waals surface area contributed by atoms with Crippen LogP contribution >= 0.6 is 11.8 Å². The van der Waals surface area contributed by atoms with E-state index in [1.165, 1.54) is 11.8 Å². The molecule has 1 aliphatic carbocycles. The van der Waals surface area contributed by atoms with Gasteiger partial charge in [-0.1, -0.05) is 54.2 Å². The van der Waals surface area contributed by atoms with Crippen LogP contribution in [0.1, 0.15) is 25.3 Å². The first-order valence-electron chi connectivity index (χ1n) is 9.99. The van der Waals surface area contributed by atoms with E-state index in [0.29, 0.717) is 28.9 Å². The number of fused-ring (bicyclic) bond motifs is 3. The van der Waals surface area contributed by atoms with Gasteiger partial charge in [0, 0.05) is 6.04 Å². The predicted octanol–water partition coefficient (Wildman–Crippen LogP) is 2.85. The van der Waals surface area contributed by atoms with Crippen molar-refractivity contribution in [2.24, 2.45) is 0 Å². The summed E-state index contributed by atoms with van der Waals surface area (Å²) in [5.74, 6) is 0.473. The summed E-state index contributed by atoms with van der Waals surface area (Å²) in [4.78, 5) is 25.7. The van der Waals surface area contributed by atoms with E-state index in [0.717, 1.165) is 23.9 Å². The van der Waals surface area contributed by atoms with Crippen molar-refractivity contribution >= 4 is 34.3 Å². The Labute approximate surface area is 177 Å². The van der Waals surface area contributed by atoms with Crippen LogP contribution < -0.4 is 10.9 Å². The minimum Gasteiger partial charge on any atom is -0.352 e. The second kappa shape index (κ2) is 7.60. The van der Waals surface area contributed by atoms with Gasteiger partial charge in [-0.2, -0.15) is 0 Å². The van der Waals surface area contributed by atoms with Crippen LogP contribution in [-0.4, -0.2) is 36.4 Å². The van der Waals surface area contributed by atoms with Crippen LogP contribution in [-0.2, 0) is 11.3 Å². The van der Waals surface area contributed by atoms with Crippen molar-refractivity contribution < 1.29 is 4.79 Å². The quantitative estimate of drug-likeness (QED) is 0.486. The third-order valence-corrected chi connectivity index (χ3v) is 6.28. The Kier molecular flexibility index (Phi) is 4.78. The van der Waals surface area contributed by atoms with Gasteiger partial charge >= 0.3 is 0 Å². The molecule has 1 N–H and O–H groups in total. The zero-order valence-corrected chi connectivity index (χ0v) is 17.3. The van der Waals surface area contributed by atoms with E-state index in [1.54, 1.807) is 4.57 Å². The normalized spacial score (nSPS) is 14.8. The van der Waals surface area contributed by atoms with Gasteiger partial charge in [0.2, 0.25) is 11.7 Å². The summed E-state index contributed by atoms with van der Waals surface area (Å²) in [6.07, 6.45) is 2.10. The molecule has 30 heavy (non-hydrogen) atoms. The molecule has 2 heterocycles. The molecule has 1 atom stereocenters. The van der Waals surface area contributed by atoms with Gasteiger partial charge in [0.25, 0.3) is 5.56 Å². The fraction of sp³-hybridized carbons (Fsp3) is 0.273. The van der Waals surface area contributed by atoms with Crippen molar-refractivity contribution in [3.8, 4) is 0 Å². The number of amides is 1. The lowest BCUT2D eigenvalue weighted by atomic mass is 10.2. The number of nitrogens with zero attached hydrogens (tertiary/aromatic N) is 4. The number of aromatic nitrogens is 4. The number of rotatable bonds is 6. The van der Waals surface area contributed by atoms with Gasteiger partial charge in [-0.3, -0.25) is 18.6 Å². The molecule has 7 nitrogen and oxygen atoms in total. The lowest BCUT2D eigenvalue weighted by Crippen LogP contribution is -2.32. The zero-order chi connectivity index (χ0) is 20.7. The molecule has 2 aromatic carbocycles. The van der Waals surface area contributed by atoms with E-state index in [4.69, 9.17) is 0 Å². The Hall–Kier alpha value is -3.13. The van der Waals surface area contributed by atoms with Crippen molar-refractivity contribution in [2.75, 3.05) is 0 Å². The maximum absolute atomic E-state index is 13.2. The molecule has 1 fully saturated rings. The van der Waals surface area contributed by atoms with Crippen molar-refractivity contribution in [1.29, 1.82) is 0 Å². The van der Waals surface area contributed by atoms with Crippen LogP contribution in [0.3, 0.4) is 0 Å². The van der Waals surface area contributed by atoms with Gasteiger partial charge in [0.05, 0.1) is 22.7 Å². The molecule has 152 valence electrons. The molecule has 1 aliphatic rings. The van der Waals surface area contributed by atoms with E-state index in [9.17, 15) is 9.59 Å². The minimum absolute atomic E-state index is 0.00108. The van der Waals surface area contributed by atoms with Gasteiger partial charge < -0.3 is 5.32 Å². The lowest BCUT2D eigenvalue weighted by Gasteiger charge is -2.13. The maximum Gasteiger partial charge on any atom is 0.263 e.